The van der Waals surface area contributed by atoms with Gasteiger partial charge >= 0.3 is 5.97 Å². The molecule has 0 radical (unpaired) electrons. The molecular formula is C14H20N2O3S. The number of nitrogens with one attached hydrogen (secondary N) is 1. The summed E-state index contributed by atoms with van der Waals surface area (Å²) in [6.07, 6.45) is 1.86. The summed E-state index contributed by atoms with van der Waals surface area (Å²) in [5.41, 5.74) is 8.71. The van der Waals surface area contributed by atoms with Gasteiger partial charge in [-0.2, -0.15) is 11.8 Å². The maximum absolute atomic E-state index is 12.2. The second-order valence-corrected chi connectivity index (χ2v) is 5.44. The molecule has 1 rings (SSSR count). The van der Waals surface area contributed by atoms with Gasteiger partial charge in [0, 0.05) is 17.0 Å². The van der Waals surface area contributed by atoms with Crippen LogP contribution in [0.3, 0.4) is 0 Å². The minimum absolute atomic E-state index is 0.305. The number of ether oxygens (including phenoxy) is 1. The van der Waals surface area contributed by atoms with E-state index in [1.165, 1.54) is 18.9 Å². The Hall–Kier alpha value is -1.69. The third kappa shape index (κ3) is 3.90. The van der Waals surface area contributed by atoms with Crippen molar-refractivity contribution in [3.05, 3.63) is 28.8 Å². The Morgan fingerprint density at radius 3 is 2.35 bits per heavy atom. The van der Waals surface area contributed by atoms with E-state index in [0.717, 1.165) is 11.1 Å². The van der Waals surface area contributed by atoms with Crippen LogP contribution in [0.25, 0.3) is 0 Å². The number of nitrogen functional groups attached to an aromatic ring is 1. The highest BCUT2D eigenvalue weighted by molar-refractivity contribution is 7.98. The number of benzene rings is 1. The fraction of sp³-hybridized carbons (Fsp3) is 0.429. The van der Waals surface area contributed by atoms with Gasteiger partial charge in [-0.25, -0.2) is 4.79 Å². The van der Waals surface area contributed by atoms with Gasteiger partial charge in [0.25, 0.3) is 5.91 Å². The smallest absolute Gasteiger partial charge is 0.329 e. The molecule has 5 nitrogen and oxygen atoms in total. The van der Waals surface area contributed by atoms with E-state index < -0.39 is 12.0 Å². The highest BCUT2D eigenvalue weighted by atomic mass is 32.2. The van der Waals surface area contributed by atoms with Crippen LogP contribution in [-0.4, -0.2) is 37.0 Å². The summed E-state index contributed by atoms with van der Waals surface area (Å²) < 4.78 is 4.68. The van der Waals surface area contributed by atoms with Crippen LogP contribution >= 0.6 is 11.8 Å². The van der Waals surface area contributed by atoms with Gasteiger partial charge in [0.05, 0.1) is 7.11 Å². The lowest BCUT2D eigenvalue weighted by Gasteiger charge is -2.16. The Balaban J connectivity index is 2.91. The van der Waals surface area contributed by atoms with E-state index in [4.69, 9.17) is 5.73 Å². The van der Waals surface area contributed by atoms with Gasteiger partial charge in [0.15, 0.2) is 0 Å². The van der Waals surface area contributed by atoms with Crippen molar-refractivity contribution in [1.82, 2.24) is 5.32 Å². The predicted octanol–water partition coefficient (Wildman–Crippen LogP) is 1.52. The molecule has 0 spiro atoms. The Morgan fingerprint density at radius 2 is 1.90 bits per heavy atom. The number of rotatable bonds is 5. The first-order valence-corrected chi connectivity index (χ1v) is 7.54. The molecule has 0 saturated carbocycles. The van der Waals surface area contributed by atoms with Crippen molar-refractivity contribution in [2.24, 2.45) is 0 Å². The number of esters is 1. The van der Waals surface area contributed by atoms with Crippen molar-refractivity contribution < 1.29 is 14.3 Å². The molecule has 0 bridgehead atoms. The number of nitrogens with two attached hydrogens (primary N) is 1. The van der Waals surface area contributed by atoms with Crippen LogP contribution in [0.5, 0.6) is 0 Å². The van der Waals surface area contributed by atoms with E-state index in [-0.39, 0.29) is 5.91 Å². The monoisotopic (exact) mass is 296 g/mol. The van der Waals surface area contributed by atoms with Gasteiger partial charge in [-0.1, -0.05) is 0 Å². The van der Waals surface area contributed by atoms with Crippen molar-refractivity contribution in [2.75, 3.05) is 24.9 Å². The predicted molar refractivity (Wildman–Crippen MR) is 82.0 cm³/mol. The maximum Gasteiger partial charge on any atom is 0.329 e. The molecule has 0 fully saturated rings. The lowest BCUT2D eigenvalue weighted by molar-refractivity contribution is -0.142. The van der Waals surface area contributed by atoms with Gasteiger partial charge < -0.3 is 15.8 Å². The molecule has 1 atom stereocenters. The minimum atomic E-state index is -0.652. The van der Waals surface area contributed by atoms with Gasteiger partial charge in [-0.15, -0.1) is 0 Å². The van der Waals surface area contributed by atoms with Crippen LogP contribution < -0.4 is 11.1 Å². The van der Waals surface area contributed by atoms with Gasteiger partial charge in [0.2, 0.25) is 0 Å². The summed E-state index contributed by atoms with van der Waals surface area (Å²) in [6.45, 7) is 3.69. The first kappa shape index (κ1) is 16.4. The Kier molecular flexibility index (Phi) is 5.88. The standard InChI is InChI=1S/C14H20N2O3S/c1-8-5-10(6-9(2)12(8)15)13(17)16-11(7-20-4)14(18)19-3/h5-6,11H,7,15H2,1-4H3,(H,16,17)/t11-/m1/s1. The number of amides is 1. The second-order valence-electron chi connectivity index (χ2n) is 4.53. The highest BCUT2D eigenvalue weighted by Crippen LogP contribution is 2.18. The first-order chi connectivity index (χ1) is 9.40. The van der Waals surface area contributed by atoms with Gasteiger partial charge in [-0.3, -0.25) is 4.79 Å². The normalized spacial score (nSPS) is 11.8. The number of anilines is 1. The molecule has 0 aliphatic rings. The summed E-state index contributed by atoms with van der Waals surface area (Å²) in [7, 11) is 1.30. The number of aryl methyl sites for hydroxylation is 2. The zero-order valence-electron chi connectivity index (χ0n) is 12.1. The van der Waals surface area contributed by atoms with Crippen molar-refractivity contribution in [2.45, 2.75) is 19.9 Å². The summed E-state index contributed by atoms with van der Waals surface area (Å²) >= 11 is 1.46. The van der Waals surface area contributed by atoms with Crippen molar-refractivity contribution in [1.29, 1.82) is 0 Å². The number of hydrogen-bond donors (Lipinski definition) is 2. The van der Waals surface area contributed by atoms with Crippen LogP contribution in [0.2, 0.25) is 0 Å². The number of thioether (sulfide) groups is 1. The number of hydrogen-bond acceptors (Lipinski definition) is 5. The van der Waals surface area contributed by atoms with Gasteiger partial charge in [-0.05, 0) is 43.4 Å². The Morgan fingerprint density at radius 1 is 1.35 bits per heavy atom. The van der Waals surface area contributed by atoms with E-state index in [2.05, 4.69) is 10.1 Å². The fourth-order valence-corrected chi connectivity index (χ4v) is 2.38. The summed E-state index contributed by atoms with van der Waals surface area (Å²) in [6, 6.07) is 2.77. The first-order valence-electron chi connectivity index (χ1n) is 6.15. The van der Waals surface area contributed by atoms with Crippen molar-refractivity contribution in [3.8, 4) is 0 Å². The molecule has 110 valence electrons. The van der Waals surface area contributed by atoms with Crippen LogP contribution in [-0.2, 0) is 9.53 Å². The van der Waals surface area contributed by atoms with Crippen LogP contribution in [0.4, 0.5) is 5.69 Å². The lowest BCUT2D eigenvalue weighted by Crippen LogP contribution is -2.43. The summed E-state index contributed by atoms with van der Waals surface area (Å²) in [5.74, 6) is -0.289. The molecule has 3 N–H and O–H groups in total. The maximum atomic E-state index is 12.2. The number of carbonyl (C=O) groups excluding carboxylic acids is 2. The third-order valence-electron chi connectivity index (χ3n) is 2.98. The third-order valence-corrected chi connectivity index (χ3v) is 3.65. The number of methoxy groups -OCH3 is 1. The van der Waals surface area contributed by atoms with E-state index >= 15 is 0 Å². The fourth-order valence-electron chi connectivity index (χ4n) is 1.82. The topological polar surface area (TPSA) is 81.4 Å². The summed E-state index contributed by atoms with van der Waals surface area (Å²) in [5, 5.41) is 2.68. The highest BCUT2D eigenvalue weighted by Gasteiger charge is 2.22. The minimum Gasteiger partial charge on any atom is -0.467 e. The van der Waals surface area contributed by atoms with Crippen LogP contribution in [0.1, 0.15) is 21.5 Å². The van der Waals surface area contributed by atoms with E-state index in [9.17, 15) is 9.59 Å². The van der Waals surface area contributed by atoms with E-state index in [0.29, 0.717) is 17.0 Å². The lowest BCUT2D eigenvalue weighted by atomic mass is 10.0. The van der Waals surface area contributed by atoms with Crippen LogP contribution in [0.15, 0.2) is 12.1 Å². The second kappa shape index (κ2) is 7.19. The van der Waals surface area contributed by atoms with E-state index in [1.54, 1.807) is 12.1 Å². The van der Waals surface area contributed by atoms with E-state index in [1.807, 2.05) is 20.1 Å². The SMILES string of the molecule is COC(=O)[C@@H](CSC)NC(=O)c1cc(C)c(N)c(C)c1. The average Bonchev–Trinajstić information content (AvgIpc) is 2.42. The molecule has 0 aliphatic carbocycles. The molecule has 6 heteroatoms. The molecule has 0 unspecified atom stereocenters. The molecule has 0 heterocycles. The Bertz CT molecular complexity index is 494. The molecule has 0 aromatic heterocycles. The largest absolute Gasteiger partial charge is 0.467 e. The molecule has 1 aromatic carbocycles. The molecule has 0 saturated heterocycles. The number of carbonyl (C=O) groups is 2. The van der Waals surface area contributed by atoms with Crippen LogP contribution in [0, 0.1) is 13.8 Å². The zero-order valence-corrected chi connectivity index (χ0v) is 13.0. The Labute approximate surface area is 123 Å². The molecule has 20 heavy (non-hydrogen) atoms. The molecular weight excluding hydrogens is 276 g/mol. The zero-order chi connectivity index (χ0) is 15.3. The van der Waals surface area contributed by atoms with Crippen molar-refractivity contribution >= 4 is 29.3 Å². The molecule has 1 amide bonds. The van der Waals surface area contributed by atoms with Crippen molar-refractivity contribution in [3.63, 3.8) is 0 Å². The molecule has 1 aromatic rings. The average molecular weight is 296 g/mol. The quantitative estimate of drug-likeness (QED) is 0.636. The summed E-state index contributed by atoms with van der Waals surface area (Å²) in [4.78, 5) is 23.8. The molecule has 0 aliphatic heterocycles. The van der Waals surface area contributed by atoms with Gasteiger partial charge in [0.1, 0.15) is 6.04 Å².